The van der Waals surface area contributed by atoms with E-state index in [1.54, 1.807) is 24.3 Å². The van der Waals surface area contributed by atoms with E-state index < -0.39 is 0 Å². The van der Waals surface area contributed by atoms with Crippen molar-refractivity contribution >= 4 is 40.4 Å². The Balaban J connectivity index is 1.81. The van der Waals surface area contributed by atoms with Crippen LogP contribution in [0.3, 0.4) is 0 Å². The van der Waals surface area contributed by atoms with Gasteiger partial charge >= 0.3 is 0 Å². The molecule has 0 aliphatic carbocycles. The minimum absolute atomic E-state index is 0.260. The van der Waals surface area contributed by atoms with Crippen molar-refractivity contribution in [3.8, 4) is 0 Å². The average Bonchev–Trinajstić information content (AvgIpc) is 2.98. The van der Waals surface area contributed by atoms with Crippen LogP contribution in [0.4, 0.5) is 11.4 Å². The molecule has 0 radical (unpaired) electrons. The molecular weight excluding hydrogens is 408 g/mol. The zero-order chi connectivity index (χ0) is 22.1. The van der Waals surface area contributed by atoms with Gasteiger partial charge in [0.15, 0.2) is 0 Å². The van der Waals surface area contributed by atoms with Crippen LogP contribution in [0, 0.1) is 13.8 Å². The van der Waals surface area contributed by atoms with E-state index >= 15 is 0 Å². The van der Waals surface area contributed by atoms with Crippen LogP contribution in [-0.4, -0.2) is 11.8 Å². The predicted octanol–water partition coefficient (Wildman–Crippen LogP) is 5.92. The number of carbonyl (C=O) groups excluding carboxylic acids is 2. The first-order valence-corrected chi connectivity index (χ1v) is 10.6. The van der Waals surface area contributed by atoms with E-state index in [4.69, 9.17) is 11.6 Å². The van der Waals surface area contributed by atoms with Gasteiger partial charge in [-0.15, -0.1) is 0 Å². The van der Waals surface area contributed by atoms with Gasteiger partial charge in [-0.2, -0.15) is 0 Å². The Labute approximate surface area is 187 Å². The Hall–Kier alpha value is -3.37. The second kappa shape index (κ2) is 8.40. The number of rotatable bonds is 5. The second-order valence-electron chi connectivity index (χ2n) is 7.72. The Kier molecular flexibility index (Phi) is 5.66. The number of aryl methyl sites for hydroxylation is 3. The van der Waals surface area contributed by atoms with Gasteiger partial charge in [0.2, 0.25) is 0 Å². The molecular formula is C26H23ClN2O2. The summed E-state index contributed by atoms with van der Waals surface area (Å²) >= 11 is 6.04. The third-order valence-corrected chi connectivity index (χ3v) is 5.56. The van der Waals surface area contributed by atoms with Gasteiger partial charge in [0, 0.05) is 10.7 Å². The highest BCUT2D eigenvalue weighted by Gasteiger charge is 2.40. The number of carbonyl (C=O) groups is 2. The average molecular weight is 431 g/mol. The third-order valence-electron chi connectivity index (χ3n) is 5.31. The number of hydrogen-bond donors (Lipinski definition) is 1. The molecule has 0 fully saturated rings. The van der Waals surface area contributed by atoms with Gasteiger partial charge in [-0.05, 0) is 78.9 Å². The van der Waals surface area contributed by atoms with Crippen molar-refractivity contribution in [2.75, 3.05) is 10.2 Å². The second-order valence-corrected chi connectivity index (χ2v) is 8.16. The fraction of sp³-hybridized carbons (Fsp3) is 0.154. The van der Waals surface area contributed by atoms with Gasteiger partial charge in [-0.25, -0.2) is 4.90 Å². The van der Waals surface area contributed by atoms with Crippen LogP contribution in [0.15, 0.2) is 72.4 Å². The molecule has 0 saturated carbocycles. The Morgan fingerprint density at radius 3 is 2.03 bits per heavy atom. The van der Waals surface area contributed by atoms with Crippen molar-refractivity contribution in [2.45, 2.75) is 27.2 Å². The zero-order valence-electron chi connectivity index (χ0n) is 17.7. The summed E-state index contributed by atoms with van der Waals surface area (Å²) in [7, 11) is 0. The summed E-state index contributed by atoms with van der Waals surface area (Å²) in [4.78, 5) is 28.2. The lowest BCUT2D eigenvalue weighted by molar-refractivity contribution is -0.120. The number of halogens is 1. The first-order chi connectivity index (χ1) is 14.9. The smallest absolute Gasteiger partial charge is 0.282 e. The first-order valence-electron chi connectivity index (χ1n) is 10.2. The molecule has 1 heterocycles. The molecule has 0 atom stereocenters. The number of hydrogen-bond acceptors (Lipinski definition) is 3. The quantitative estimate of drug-likeness (QED) is 0.511. The van der Waals surface area contributed by atoms with Gasteiger partial charge in [0.1, 0.15) is 5.70 Å². The highest BCUT2D eigenvalue weighted by atomic mass is 35.5. The van der Waals surface area contributed by atoms with Crippen LogP contribution in [0.5, 0.6) is 0 Å². The molecule has 1 aliphatic rings. The highest BCUT2D eigenvalue weighted by molar-refractivity contribution is 6.46. The maximum Gasteiger partial charge on any atom is 0.282 e. The van der Waals surface area contributed by atoms with E-state index in [1.807, 2.05) is 56.3 Å². The normalized spacial score (nSPS) is 13.9. The Morgan fingerprint density at radius 2 is 1.45 bits per heavy atom. The van der Waals surface area contributed by atoms with Crippen molar-refractivity contribution < 1.29 is 9.59 Å². The standard InChI is InChI=1S/C26H23ClN2O2/c1-4-18-5-11-21(12-6-18)28-24-23(19-7-9-20(27)10-8-19)25(30)29(26(24)31)22-14-16(2)13-17(3)15-22/h5-15,28H,4H2,1-3H3. The van der Waals surface area contributed by atoms with Crippen LogP contribution >= 0.6 is 11.6 Å². The lowest BCUT2D eigenvalue weighted by Gasteiger charge is -2.17. The van der Waals surface area contributed by atoms with Gasteiger partial charge in [0.25, 0.3) is 11.8 Å². The van der Waals surface area contributed by atoms with Gasteiger partial charge in [-0.1, -0.05) is 48.9 Å². The molecule has 1 aliphatic heterocycles. The van der Waals surface area contributed by atoms with Gasteiger partial charge < -0.3 is 5.32 Å². The molecule has 3 aromatic carbocycles. The number of anilines is 2. The summed E-state index contributed by atoms with van der Waals surface area (Å²) in [5.74, 6) is -0.732. The number of amides is 2. The van der Waals surface area contributed by atoms with E-state index in [9.17, 15) is 9.59 Å². The summed E-state index contributed by atoms with van der Waals surface area (Å²) < 4.78 is 0. The minimum atomic E-state index is -0.375. The third kappa shape index (κ3) is 4.12. The van der Waals surface area contributed by atoms with Gasteiger partial charge in [0.05, 0.1) is 11.3 Å². The first kappa shape index (κ1) is 20.9. The SMILES string of the molecule is CCc1ccc(NC2=C(c3ccc(Cl)cc3)C(=O)N(c3cc(C)cc(C)c3)C2=O)cc1. The molecule has 0 aromatic heterocycles. The summed E-state index contributed by atoms with van der Waals surface area (Å²) in [6, 6.07) is 20.5. The maximum atomic E-state index is 13.5. The van der Waals surface area contributed by atoms with Crippen molar-refractivity contribution in [1.82, 2.24) is 0 Å². The van der Waals surface area contributed by atoms with Crippen molar-refractivity contribution in [2.24, 2.45) is 0 Å². The van der Waals surface area contributed by atoms with Crippen LogP contribution in [0.2, 0.25) is 5.02 Å². The van der Waals surface area contributed by atoms with Crippen LogP contribution in [0.25, 0.3) is 5.57 Å². The van der Waals surface area contributed by atoms with Crippen LogP contribution < -0.4 is 10.2 Å². The molecule has 5 heteroatoms. The van der Waals surface area contributed by atoms with E-state index in [0.29, 0.717) is 21.8 Å². The fourth-order valence-electron chi connectivity index (χ4n) is 3.81. The molecule has 0 bridgehead atoms. The fourth-order valence-corrected chi connectivity index (χ4v) is 3.94. The molecule has 1 N–H and O–H groups in total. The van der Waals surface area contributed by atoms with E-state index in [-0.39, 0.29) is 17.5 Å². The number of benzene rings is 3. The summed E-state index contributed by atoms with van der Waals surface area (Å²) in [5.41, 5.74) is 5.72. The maximum absolute atomic E-state index is 13.5. The number of imide groups is 1. The number of nitrogens with zero attached hydrogens (tertiary/aromatic N) is 1. The van der Waals surface area contributed by atoms with E-state index in [2.05, 4.69) is 12.2 Å². The molecule has 31 heavy (non-hydrogen) atoms. The largest absolute Gasteiger partial charge is 0.350 e. The van der Waals surface area contributed by atoms with E-state index in [1.165, 1.54) is 10.5 Å². The lowest BCUT2D eigenvalue weighted by Crippen LogP contribution is -2.32. The predicted molar refractivity (Wildman–Crippen MR) is 126 cm³/mol. The number of nitrogens with one attached hydrogen (secondary N) is 1. The molecule has 2 amide bonds. The molecule has 3 aromatic rings. The Bertz CT molecular complexity index is 1170. The van der Waals surface area contributed by atoms with Crippen LogP contribution in [-0.2, 0) is 16.0 Å². The molecule has 156 valence electrons. The van der Waals surface area contributed by atoms with Crippen molar-refractivity contribution in [3.05, 3.63) is 99.7 Å². The zero-order valence-corrected chi connectivity index (χ0v) is 18.5. The molecule has 0 saturated heterocycles. The van der Waals surface area contributed by atoms with Gasteiger partial charge in [-0.3, -0.25) is 9.59 Å². The summed E-state index contributed by atoms with van der Waals surface area (Å²) in [6.07, 6.45) is 0.927. The monoisotopic (exact) mass is 430 g/mol. The molecule has 4 nitrogen and oxygen atoms in total. The van der Waals surface area contributed by atoms with Crippen molar-refractivity contribution in [3.63, 3.8) is 0 Å². The molecule has 4 rings (SSSR count). The molecule has 0 spiro atoms. The Morgan fingerprint density at radius 1 is 0.839 bits per heavy atom. The lowest BCUT2D eigenvalue weighted by atomic mass is 10.0. The molecule has 0 unspecified atom stereocenters. The summed E-state index contributed by atoms with van der Waals surface area (Å²) in [5, 5.41) is 3.77. The topological polar surface area (TPSA) is 49.4 Å². The van der Waals surface area contributed by atoms with E-state index in [0.717, 1.165) is 23.2 Å². The van der Waals surface area contributed by atoms with Crippen LogP contribution in [0.1, 0.15) is 29.2 Å². The highest BCUT2D eigenvalue weighted by Crippen LogP contribution is 2.35. The summed E-state index contributed by atoms with van der Waals surface area (Å²) in [6.45, 7) is 5.98. The van der Waals surface area contributed by atoms with Crippen molar-refractivity contribution in [1.29, 1.82) is 0 Å². The minimum Gasteiger partial charge on any atom is -0.350 e.